The Bertz CT molecular complexity index is 798. The van der Waals surface area contributed by atoms with Gasteiger partial charge in [-0.25, -0.2) is 0 Å². The zero-order valence-electron chi connectivity index (χ0n) is 9.88. The Kier molecular flexibility index (Phi) is 4.19. The standard InChI is InChI=1S/C13H7Cl2NO3S/c14-10-4-5-13(12(15)7-10)19-20(17,18)11-3-1-2-9(6-11)8-16/h1-7H. The summed E-state index contributed by atoms with van der Waals surface area (Å²) in [4.78, 5) is -0.123. The minimum absolute atomic E-state index is 0.0292. The molecule has 102 valence electrons. The molecule has 0 N–H and O–H groups in total. The summed E-state index contributed by atoms with van der Waals surface area (Å²) in [5, 5.41) is 9.22. The number of halogens is 2. The van der Waals surface area contributed by atoms with Gasteiger partial charge in [0.15, 0.2) is 5.75 Å². The molecule has 0 unspecified atom stereocenters. The highest BCUT2D eigenvalue weighted by atomic mass is 35.5. The average molecular weight is 328 g/mol. The molecule has 0 aromatic heterocycles. The Hall–Kier alpha value is -1.74. The molecule has 7 heteroatoms. The molecule has 2 aromatic carbocycles. The topological polar surface area (TPSA) is 67.2 Å². The molecule has 4 nitrogen and oxygen atoms in total. The molecule has 0 aliphatic rings. The lowest BCUT2D eigenvalue weighted by Crippen LogP contribution is -2.10. The lowest BCUT2D eigenvalue weighted by Gasteiger charge is -2.08. The molecule has 2 rings (SSSR count). The maximum Gasteiger partial charge on any atom is 0.339 e. The molecule has 0 aliphatic heterocycles. The van der Waals surface area contributed by atoms with Crippen LogP contribution in [0, 0.1) is 11.3 Å². The van der Waals surface area contributed by atoms with E-state index in [0.717, 1.165) is 0 Å². The normalized spacial score (nSPS) is 10.8. The van der Waals surface area contributed by atoms with E-state index >= 15 is 0 Å². The van der Waals surface area contributed by atoms with E-state index < -0.39 is 10.1 Å². The van der Waals surface area contributed by atoms with E-state index in [1.54, 1.807) is 0 Å². The molecule has 0 radical (unpaired) electrons. The quantitative estimate of drug-likeness (QED) is 0.807. The van der Waals surface area contributed by atoms with E-state index in [-0.39, 0.29) is 21.2 Å². The molecular formula is C13H7Cl2NO3S. The van der Waals surface area contributed by atoms with Crippen molar-refractivity contribution < 1.29 is 12.6 Å². The van der Waals surface area contributed by atoms with Crippen molar-refractivity contribution >= 4 is 33.3 Å². The first kappa shape index (κ1) is 14.7. The van der Waals surface area contributed by atoms with E-state index in [1.165, 1.54) is 42.5 Å². The van der Waals surface area contributed by atoms with E-state index in [1.807, 2.05) is 6.07 Å². The summed E-state index contributed by atoms with van der Waals surface area (Å²) >= 11 is 11.6. The lowest BCUT2D eigenvalue weighted by atomic mass is 10.2. The smallest absolute Gasteiger partial charge is 0.339 e. The molecule has 0 spiro atoms. The second kappa shape index (κ2) is 5.71. The van der Waals surface area contributed by atoms with Gasteiger partial charge in [-0.15, -0.1) is 0 Å². The number of hydrogen-bond acceptors (Lipinski definition) is 4. The third-order valence-corrected chi connectivity index (χ3v) is 4.11. The van der Waals surface area contributed by atoms with Crippen LogP contribution in [-0.2, 0) is 10.1 Å². The van der Waals surface area contributed by atoms with Crippen molar-refractivity contribution in [2.24, 2.45) is 0 Å². The largest absolute Gasteiger partial charge is 0.377 e. The summed E-state index contributed by atoms with van der Waals surface area (Å²) in [6.45, 7) is 0. The molecule has 0 heterocycles. The predicted octanol–water partition coefficient (Wildman–Crippen LogP) is 3.63. The zero-order valence-corrected chi connectivity index (χ0v) is 12.2. The predicted molar refractivity (Wildman–Crippen MR) is 75.4 cm³/mol. The minimum Gasteiger partial charge on any atom is -0.377 e. The third kappa shape index (κ3) is 3.23. The van der Waals surface area contributed by atoms with Gasteiger partial charge in [-0.1, -0.05) is 29.3 Å². The van der Waals surface area contributed by atoms with Crippen LogP contribution in [0.2, 0.25) is 10.0 Å². The molecule has 0 atom stereocenters. The van der Waals surface area contributed by atoms with Crippen LogP contribution in [0.25, 0.3) is 0 Å². The molecule has 0 fully saturated rings. The number of nitrogens with zero attached hydrogens (tertiary/aromatic N) is 1. The summed E-state index contributed by atoms with van der Waals surface area (Å²) < 4.78 is 29.1. The Morgan fingerprint density at radius 2 is 1.85 bits per heavy atom. The Balaban J connectivity index is 2.38. The van der Waals surface area contributed by atoms with Crippen molar-refractivity contribution in [2.45, 2.75) is 4.90 Å². The molecule has 0 amide bonds. The van der Waals surface area contributed by atoms with E-state index in [2.05, 4.69) is 0 Å². The van der Waals surface area contributed by atoms with Crippen LogP contribution in [-0.4, -0.2) is 8.42 Å². The summed E-state index contributed by atoms with van der Waals surface area (Å²) in [7, 11) is -4.06. The van der Waals surface area contributed by atoms with Crippen LogP contribution in [0.3, 0.4) is 0 Å². The number of nitriles is 1. The van der Waals surface area contributed by atoms with Gasteiger partial charge in [0.05, 0.1) is 16.7 Å². The highest BCUT2D eigenvalue weighted by molar-refractivity contribution is 7.87. The van der Waals surface area contributed by atoms with Gasteiger partial charge in [-0.3, -0.25) is 0 Å². The molecule has 0 saturated carbocycles. The van der Waals surface area contributed by atoms with Gasteiger partial charge in [0.2, 0.25) is 0 Å². The SMILES string of the molecule is N#Cc1cccc(S(=O)(=O)Oc2ccc(Cl)cc2Cl)c1. The van der Waals surface area contributed by atoms with Gasteiger partial charge in [0.1, 0.15) is 4.90 Å². The number of benzene rings is 2. The summed E-state index contributed by atoms with van der Waals surface area (Å²) in [5.41, 5.74) is 0.219. The second-order valence-corrected chi connectivity index (χ2v) is 6.14. The van der Waals surface area contributed by atoms with Crippen LogP contribution in [0.15, 0.2) is 47.4 Å². The maximum atomic E-state index is 12.1. The monoisotopic (exact) mass is 327 g/mol. The van der Waals surface area contributed by atoms with Crippen LogP contribution in [0.5, 0.6) is 5.75 Å². The fourth-order valence-electron chi connectivity index (χ4n) is 1.43. The van der Waals surface area contributed by atoms with Crippen LogP contribution >= 0.6 is 23.2 Å². The highest BCUT2D eigenvalue weighted by Crippen LogP contribution is 2.30. The zero-order chi connectivity index (χ0) is 14.8. The Labute approximate surface area is 126 Å². The van der Waals surface area contributed by atoms with Crippen molar-refractivity contribution in [3.63, 3.8) is 0 Å². The maximum absolute atomic E-state index is 12.1. The first-order chi connectivity index (χ1) is 9.42. The van der Waals surface area contributed by atoms with Crippen LogP contribution < -0.4 is 4.18 Å². The fourth-order valence-corrected chi connectivity index (χ4v) is 2.92. The van der Waals surface area contributed by atoms with Gasteiger partial charge in [-0.05, 0) is 36.4 Å². The third-order valence-electron chi connectivity index (χ3n) is 2.35. The van der Waals surface area contributed by atoms with Crippen molar-refractivity contribution in [3.8, 4) is 11.8 Å². The van der Waals surface area contributed by atoms with Crippen molar-refractivity contribution in [1.82, 2.24) is 0 Å². The lowest BCUT2D eigenvalue weighted by molar-refractivity contribution is 0.486. The average Bonchev–Trinajstić information content (AvgIpc) is 2.42. The van der Waals surface area contributed by atoms with Crippen LogP contribution in [0.1, 0.15) is 5.56 Å². The van der Waals surface area contributed by atoms with Crippen molar-refractivity contribution in [3.05, 3.63) is 58.1 Å². The van der Waals surface area contributed by atoms with E-state index in [9.17, 15) is 8.42 Å². The molecule has 20 heavy (non-hydrogen) atoms. The first-order valence-electron chi connectivity index (χ1n) is 5.32. The van der Waals surface area contributed by atoms with Gasteiger partial charge in [0, 0.05) is 5.02 Å². The highest BCUT2D eigenvalue weighted by Gasteiger charge is 2.18. The van der Waals surface area contributed by atoms with Gasteiger partial charge in [0.25, 0.3) is 0 Å². The van der Waals surface area contributed by atoms with E-state index in [4.69, 9.17) is 32.6 Å². The van der Waals surface area contributed by atoms with Crippen LogP contribution in [0.4, 0.5) is 0 Å². The molecular weight excluding hydrogens is 321 g/mol. The van der Waals surface area contributed by atoms with Gasteiger partial charge in [-0.2, -0.15) is 13.7 Å². The van der Waals surface area contributed by atoms with E-state index in [0.29, 0.717) is 5.02 Å². The summed E-state index contributed by atoms with van der Waals surface area (Å²) in [5.74, 6) is -0.0292. The number of hydrogen-bond donors (Lipinski definition) is 0. The van der Waals surface area contributed by atoms with Gasteiger partial charge >= 0.3 is 10.1 Å². The summed E-state index contributed by atoms with van der Waals surface area (Å²) in [6.07, 6.45) is 0. The molecule has 0 aliphatic carbocycles. The summed E-state index contributed by atoms with van der Waals surface area (Å²) in [6, 6.07) is 11.6. The minimum atomic E-state index is -4.06. The first-order valence-corrected chi connectivity index (χ1v) is 7.48. The Morgan fingerprint density at radius 1 is 1.10 bits per heavy atom. The molecule has 0 bridgehead atoms. The fraction of sp³-hybridized carbons (Fsp3) is 0. The second-order valence-electron chi connectivity index (χ2n) is 3.75. The van der Waals surface area contributed by atoms with Crippen molar-refractivity contribution in [1.29, 1.82) is 5.26 Å². The molecule has 2 aromatic rings. The molecule has 0 saturated heterocycles. The van der Waals surface area contributed by atoms with Crippen molar-refractivity contribution in [2.75, 3.05) is 0 Å². The number of rotatable bonds is 3. The van der Waals surface area contributed by atoms with Gasteiger partial charge < -0.3 is 4.18 Å². The Morgan fingerprint density at radius 3 is 2.50 bits per heavy atom.